The van der Waals surface area contributed by atoms with Crippen LogP contribution in [-0.4, -0.2) is 30.3 Å². The first-order valence-electron chi connectivity index (χ1n) is 9.34. The van der Waals surface area contributed by atoms with Crippen molar-refractivity contribution in [3.05, 3.63) is 53.9 Å². The summed E-state index contributed by atoms with van der Waals surface area (Å²) in [6.45, 7) is 0.745. The van der Waals surface area contributed by atoms with Gasteiger partial charge < -0.3 is 14.8 Å². The van der Waals surface area contributed by atoms with Crippen molar-refractivity contribution >= 4 is 5.91 Å². The lowest BCUT2D eigenvalue weighted by Crippen LogP contribution is -2.29. The number of hydrogen-bond acceptors (Lipinski definition) is 5. The number of ether oxygens (including phenoxy) is 2. The van der Waals surface area contributed by atoms with Crippen LogP contribution in [0.4, 0.5) is 13.2 Å². The van der Waals surface area contributed by atoms with E-state index in [-0.39, 0.29) is 23.5 Å². The highest BCUT2D eigenvalue weighted by Crippen LogP contribution is 2.39. The molecule has 3 rings (SSSR count). The fourth-order valence-corrected chi connectivity index (χ4v) is 2.90. The van der Waals surface area contributed by atoms with Gasteiger partial charge in [0, 0.05) is 11.8 Å². The molecule has 1 fully saturated rings. The Morgan fingerprint density at radius 1 is 1.30 bits per heavy atom. The van der Waals surface area contributed by atoms with E-state index in [0.29, 0.717) is 30.0 Å². The van der Waals surface area contributed by atoms with Crippen LogP contribution in [0, 0.1) is 23.2 Å². The number of nitriles is 1. The summed E-state index contributed by atoms with van der Waals surface area (Å²) in [6.07, 6.45) is -2.51. The zero-order valence-corrected chi connectivity index (χ0v) is 16.1. The summed E-state index contributed by atoms with van der Waals surface area (Å²) < 4.78 is 46.8. The van der Waals surface area contributed by atoms with Crippen LogP contribution >= 0.6 is 0 Å². The first-order valence-corrected chi connectivity index (χ1v) is 9.34. The van der Waals surface area contributed by atoms with Gasteiger partial charge in [-0.3, -0.25) is 9.78 Å². The quantitative estimate of drug-likeness (QED) is 0.704. The molecule has 158 valence electrons. The second-order valence-corrected chi connectivity index (χ2v) is 7.11. The number of pyridine rings is 1. The van der Waals surface area contributed by atoms with Crippen LogP contribution in [0.25, 0.3) is 0 Å². The fraction of sp³-hybridized carbons (Fsp3) is 0.381. The first kappa shape index (κ1) is 21.4. The molecule has 0 bridgehead atoms. The lowest BCUT2D eigenvalue weighted by atomic mass is 10.2. The van der Waals surface area contributed by atoms with Crippen molar-refractivity contribution in [3.8, 4) is 17.6 Å². The number of benzene rings is 1. The number of hydrogen-bond donors (Lipinski definition) is 1. The van der Waals surface area contributed by atoms with Gasteiger partial charge in [0.1, 0.15) is 11.5 Å². The van der Waals surface area contributed by atoms with Gasteiger partial charge in [-0.05, 0) is 43.7 Å². The summed E-state index contributed by atoms with van der Waals surface area (Å²) in [5.41, 5.74) is 1.03. The van der Waals surface area contributed by atoms with Gasteiger partial charge in [-0.25, -0.2) is 0 Å². The molecular formula is C21H20F3N3O3. The Kier molecular flexibility index (Phi) is 6.45. The van der Waals surface area contributed by atoms with Gasteiger partial charge in [0.15, 0.2) is 6.61 Å². The lowest BCUT2D eigenvalue weighted by molar-refractivity contribution is -0.153. The van der Waals surface area contributed by atoms with E-state index in [1.807, 2.05) is 6.07 Å². The van der Waals surface area contributed by atoms with Crippen LogP contribution in [-0.2, 0) is 4.79 Å². The SMILES string of the molecule is C[C@@H](NC(=O)[C@H]1C[C@@H]1COc1cccc(C#N)c1)c1ccc(OCC(F)(F)F)cn1. The molecule has 1 aliphatic carbocycles. The van der Waals surface area contributed by atoms with Crippen LogP contribution in [0.1, 0.15) is 30.6 Å². The minimum atomic E-state index is -4.41. The van der Waals surface area contributed by atoms with E-state index in [4.69, 9.17) is 10.00 Å². The first-order chi connectivity index (χ1) is 14.2. The van der Waals surface area contributed by atoms with Crippen molar-refractivity contribution in [2.75, 3.05) is 13.2 Å². The van der Waals surface area contributed by atoms with Gasteiger partial charge in [0.25, 0.3) is 0 Å². The molecule has 9 heteroatoms. The number of carbonyl (C=O) groups is 1. The Morgan fingerprint density at radius 2 is 2.10 bits per heavy atom. The Hall–Kier alpha value is -3.28. The molecule has 1 saturated carbocycles. The third kappa shape index (κ3) is 6.11. The molecule has 1 heterocycles. The molecule has 1 N–H and O–H groups in total. The number of nitrogens with zero attached hydrogens (tertiary/aromatic N) is 2. The van der Waals surface area contributed by atoms with Crippen molar-refractivity contribution in [1.82, 2.24) is 10.3 Å². The molecule has 0 spiro atoms. The van der Waals surface area contributed by atoms with E-state index in [9.17, 15) is 18.0 Å². The second-order valence-electron chi connectivity index (χ2n) is 7.11. The summed E-state index contributed by atoms with van der Waals surface area (Å²) in [4.78, 5) is 16.5. The normalized spacial score (nSPS) is 18.8. The van der Waals surface area contributed by atoms with Crippen LogP contribution in [0.5, 0.6) is 11.5 Å². The molecule has 0 aliphatic heterocycles. The van der Waals surface area contributed by atoms with Crippen molar-refractivity contribution in [3.63, 3.8) is 0 Å². The predicted octanol–water partition coefficient (Wildman–Crippen LogP) is 3.79. The van der Waals surface area contributed by atoms with E-state index in [2.05, 4.69) is 15.0 Å². The average molecular weight is 419 g/mol. The summed E-state index contributed by atoms with van der Waals surface area (Å²) in [6, 6.07) is 11.4. The molecule has 1 aromatic carbocycles. The molecule has 6 nitrogen and oxygen atoms in total. The minimum Gasteiger partial charge on any atom is -0.493 e. The molecule has 0 radical (unpaired) electrons. The third-order valence-corrected chi connectivity index (χ3v) is 4.65. The van der Waals surface area contributed by atoms with E-state index in [0.717, 1.165) is 0 Å². The summed E-state index contributed by atoms with van der Waals surface area (Å²) in [7, 11) is 0. The summed E-state index contributed by atoms with van der Waals surface area (Å²) in [5, 5.41) is 11.8. The van der Waals surface area contributed by atoms with Crippen molar-refractivity contribution in [2.45, 2.75) is 25.6 Å². The maximum atomic E-state index is 12.4. The van der Waals surface area contributed by atoms with Gasteiger partial charge in [-0.1, -0.05) is 6.07 Å². The average Bonchev–Trinajstić information content (AvgIpc) is 3.50. The Balaban J connectivity index is 1.44. The molecule has 30 heavy (non-hydrogen) atoms. The number of carbonyl (C=O) groups excluding carboxylic acids is 1. The second kappa shape index (κ2) is 9.03. The van der Waals surface area contributed by atoms with Gasteiger partial charge in [-0.2, -0.15) is 18.4 Å². The zero-order valence-electron chi connectivity index (χ0n) is 16.1. The highest BCUT2D eigenvalue weighted by molar-refractivity contribution is 5.81. The van der Waals surface area contributed by atoms with Gasteiger partial charge >= 0.3 is 6.18 Å². The molecule has 1 aromatic heterocycles. The van der Waals surface area contributed by atoms with Gasteiger partial charge in [-0.15, -0.1) is 0 Å². The Labute approximate surface area is 171 Å². The smallest absolute Gasteiger partial charge is 0.422 e. The summed E-state index contributed by atoms with van der Waals surface area (Å²) >= 11 is 0. The Morgan fingerprint density at radius 3 is 2.77 bits per heavy atom. The van der Waals surface area contributed by atoms with Crippen LogP contribution in [0.2, 0.25) is 0 Å². The van der Waals surface area contributed by atoms with Gasteiger partial charge in [0.05, 0.1) is 36.2 Å². The van der Waals surface area contributed by atoms with E-state index >= 15 is 0 Å². The maximum Gasteiger partial charge on any atom is 0.422 e. The number of amides is 1. The minimum absolute atomic E-state index is 0.00877. The molecule has 3 atom stereocenters. The largest absolute Gasteiger partial charge is 0.493 e. The zero-order chi connectivity index (χ0) is 21.7. The summed E-state index contributed by atoms with van der Waals surface area (Å²) in [5.74, 6) is 0.399. The fourth-order valence-electron chi connectivity index (χ4n) is 2.90. The Bertz CT molecular complexity index is 926. The lowest BCUT2D eigenvalue weighted by Gasteiger charge is -2.14. The topological polar surface area (TPSA) is 84.2 Å². The molecular weight excluding hydrogens is 399 g/mol. The number of halogens is 3. The highest BCUT2D eigenvalue weighted by Gasteiger charge is 2.43. The molecule has 0 saturated heterocycles. The van der Waals surface area contributed by atoms with Crippen molar-refractivity contribution in [1.29, 1.82) is 5.26 Å². The number of alkyl halides is 3. The molecule has 1 amide bonds. The van der Waals surface area contributed by atoms with E-state index in [1.54, 1.807) is 31.2 Å². The van der Waals surface area contributed by atoms with Crippen molar-refractivity contribution in [2.24, 2.45) is 11.8 Å². The van der Waals surface area contributed by atoms with E-state index in [1.165, 1.54) is 18.3 Å². The van der Waals surface area contributed by atoms with Crippen LogP contribution in [0.3, 0.4) is 0 Å². The van der Waals surface area contributed by atoms with Gasteiger partial charge in [0.2, 0.25) is 5.91 Å². The number of nitrogens with one attached hydrogen (secondary N) is 1. The third-order valence-electron chi connectivity index (χ3n) is 4.65. The predicted molar refractivity (Wildman–Crippen MR) is 101 cm³/mol. The monoisotopic (exact) mass is 419 g/mol. The van der Waals surface area contributed by atoms with Crippen molar-refractivity contribution < 1.29 is 27.4 Å². The maximum absolute atomic E-state index is 12.4. The van der Waals surface area contributed by atoms with E-state index < -0.39 is 18.8 Å². The number of rotatable bonds is 8. The standard InChI is InChI=1S/C21H20F3N3O3/c1-13(19-6-5-17(10-26-19)30-12-21(22,23)24)27-20(28)18-8-15(18)11-29-16-4-2-3-14(7-16)9-25/h2-7,10,13,15,18H,8,11-12H2,1H3,(H,27,28)/t13-,15-,18+/m1/s1. The molecule has 0 unspecified atom stereocenters. The van der Waals surface area contributed by atoms with Crippen LogP contribution < -0.4 is 14.8 Å². The van der Waals surface area contributed by atoms with Crippen LogP contribution in [0.15, 0.2) is 42.6 Å². The number of aromatic nitrogens is 1. The molecule has 2 aromatic rings. The molecule has 1 aliphatic rings. The highest BCUT2D eigenvalue weighted by atomic mass is 19.4.